The molecule has 0 saturated heterocycles. The molecule has 36 heavy (non-hydrogen) atoms. The molecule has 4 rings (SSSR count). The Bertz CT molecular complexity index is 1350. The van der Waals surface area contributed by atoms with Gasteiger partial charge in [-0.15, -0.1) is 0 Å². The number of carbonyl (C=O) groups excluding carboxylic acids is 1. The van der Waals surface area contributed by atoms with Crippen LogP contribution >= 0.6 is 0 Å². The Labute approximate surface area is 206 Å². The molecule has 2 N–H and O–H groups in total. The number of rotatable bonds is 9. The maximum atomic E-state index is 12.7. The highest BCUT2D eigenvalue weighted by Gasteiger charge is 2.21. The van der Waals surface area contributed by atoms with Gasteiger partial charge in [0.1, 0.15) is 17.5 Å². The van der Waals surface area contributed by atoms with Crippen molar-refractivity contribution in [3.63, 3.8) is 0 Å². The molecular formula is C28H22N2O6. The SMILES string of the molecule is O=C(N[C@@H](Cc1ccc(-c2ccccc2)cc1)C(=O)O)c1ccc(Oc2ccc([N+](=O)[O-])cc2)cc1. The van der Waals surface area contributed by atoms with Gasteiger partial charge in [-0.1, -0.05) is 54.6 Å². The molecule has 0 saturated carbocycles. The zero-order valence-corrected chi connectivity index (χ0v) is 19.0. The zero-order chi connectivity index (χ0) is 25.5. The van der Waals surface area contributed by atoms with Gasteiger partial charge in [0.25, 0.3) is 11.6 Å². The molecule has 0 aliphatic rings. The second kappa shape index (κ2) is 11.0. The van der Waals surface area contributed by atoms with Crippen molar-refractivity contribution < 1.29 is 24.4 Å². The topological polar surface area (TPSA) is 119 Å². The largest absolute Gasteiger partial charge is 0.480 e. The molecule has 0 fully saturated rings. The Balaban J connectivity index is 1.37. The molecule has 180 valence electrons. The smallest absolute Gasteiger partial charge is 0.326 e. The number of carboxylic acids is 1. The number of benzene rings is 4. The molecule has 0 aromatic heterocycles. The number of nitro benzene ring substituents is 1. The summed E-state index contributed by atoms with van der Waals surface area (Å²) in [7, 11) is 0. The fourth-order valence-corrected chi connectivity index (χ4v) is 3.59. The Morgan fingerprint density at radius 2 is 1.36 bits per heavy atom. The minimum Gasteiger partial charge on any atom is -0.480 e. The monoisotopic (exact) mass is 482 g/mol. The van der Waals surface area contributed by atoms with E-state index in [1.54, 1.807) is 12.1 Å². The summed E-state index contributed by atoms with van der Waals surface area (Å²) in [6, 6.07) is 28.1. The van der Waals surface area contributed by atoms with E-state index in [1.165, 1.54) is 36.4 Å². The third-order valence-corrected chi connectivity index (χ3v) is 5.50. The predicted octanol–water partition coefficient (Wildman–Crippen LogP) is 5.48. The Morgan fingerprint density at radius 3 is 1.92 bits per heavy atom. The summed E-state index contributed by atoms with van der Waals surface area (Å²) < 4.78 is 5.64. The summed E-state index contributed by atoms with van der Waals surface area (Å²) in [5.41, 5.74) is 3.10. The molecule has 0 bridgehead atoms. The van der Waals surface area contributed by atoms with Gasteiger partial charge in [-0.3, -0.25) is 14.9 Å². The van der Waals surface area contributed by atoms with Crippen molar-refractivity contribution >= 4 is 17.6 Å². The Kier molecular flexibility index (Phi) is 7.36. The molecule has 1 amide bonds. The van der Waals surface area contributed by atoms with E-state index in [1.807, 2.05) is 54.6 Å². The van der Waals surface area contributed by atoms with Crippen LogP contribution in [0.25, 0.3) is 11.1 Å². The standard InChI is InChI=1S/C28H22N2O6/c31-27(22-10-14-24(15-11-22)36-25-16-12-23(13-17-25)30(34)35)29-26(28(32)33)18-19-6-8-21(9-7-19)20-4-2-1-3-5-20/h1-17,26H,18H2,(H,29,31)(H,32,33)/t26-/m0/s1. The number of hydrogen-bond donors (Lipinski definition) is 2. The number of aliphatic carboxylic acids is 1. The van der Waals surface area contributed by atoms with Crippen molar-refractivity contribution in [2.75, 3.05) is 0 Å². The van der Waals surface area contributed by atoms with Crippen molar-refractivity contribution in [2.24, 2.45) is 0 Å². The Hall–Kier alpha value is -4.98. The third-order valence-electron chi connectivity index (χ3n) is 5.50. The number of carboxylic acid groups (broad SMARTS) is 1. The molecule has 4 aromatic carbocycles. The number of carbonyl (C=O) groups is 2. The first-order valence-electron chi connectivity index (χ1n) is 11.1. The van der Waals surface area contributed by atoms with Gasteiger partial charge in [0, 0.05) is 24.1 Å². The molecule has 8 nitrogen and oxygen atoms in total. The van der Waals surface area contributed by atoms with Crippen LogP contribution in [-0.2, 0) is 11.2 Å². The molecule has 0 spiro atoms. The highest BCUT2D eigenvalue weighted by atomic mass is 16.6. The summed E-state index contributed by atoms with van der Waals surface area (Å²) in [4.78, 5) is 34.7. The van der Waals surface area contributed by atoms with Gasteiger partial charge in [0.15, 0.2) is 0 Å². The number of nitro groups is 1. The molecule has 0 heterocycles. The van der Waals surface area contributed by atoms with Crippen LogP contribution in [0.3, 0.4) is 0 Å². The van der Waals surface area contributed by atoms with Crippen LogP contribution < -0.4 is 10.1 Å². The lowest BCUT2D eigenvalue weighted by Crippen LogP contribution is -2.42. The molecular weight excluding hydrogens is 460 g/mol. The van der Waals surface area contributed by atoms with E-state index in [0.29, 0.717) is 11.5 Å². The summed E-state index contributed by atoms with van der Waals surface area (Å²) in [6.45, 7) is 0. The quantitative estimate of drug-likeness (QED) is 0.241. The fourth-order valence-electron chi connectivity index (χ4n) is 3.59. The van der Waals surface area contributed by atoms with Crippen LogP contribution in [0.5, 0.6) is 11.5 Å². The van der Waals surface area contributed by atoms with Crippen LogP contribution in [0.1, 0.15) is 15.9 Å². The van der Waals surface area contributed by atoms with Crippen molar-refractivity contribution in [2.45, 2.75) is 12.5 Å². The second-order valence-corrected chi connectivity index (χ2v) is 8.01. The van der Waals surface area contributed by atoms with Crippen molar-refractivity contribution in [3.8, 4) is 22.6 Å². The number of hydrogen-bond acceptors (Lipinski definition) is 5. The van der Waals surface area contributed by atoms with E-state index in [0.717, 1.165) is 16.7 Å². The van der Waals surface area contributed by atoms with Crippen LogP contribution in [0.15, 0.2) is 103 Å². The van der Waals surface area contributed by atoms with Gasteiger partial charge in [-0.25, -0.2) is 4.79 Å². The lowest BCUT2D eigenvalue weighted by Gasteiger charge is -2.15. The van der Waals surface area contributed by atoms with E-state index >= 15 is 0 Å². The molecule has 4 aromatic rings. The molecule has 8 heteroatoms. The van der Waals surface area contributed by atoms with Gasteiger partial charge < -0.3 is 15.2 Å². The maximum absolute atomic E-state index is 12.7. The van der Waals surface area contributed by atoms with E-state index < -0.39 is 22.8 Å². The van der Waals surface area contributed by atoms with Gasteiger partial charge in [0.05, 0.1) is 4.92 Å². The van der Waals surface area contributed by atoms with Crippen molar-refractivity contribution in [3.05, 3.63) is 124 Å². The highest BCUT2D eigenvalue weighted by Crippen LogP contribution is 2.24. The number of amides is 1. The van der Waals surface area contributed by atoms with Gasteiger partial charge >= 0.3 is 5.97 Å². The molecule has 0 aliphatic carbocycles. The van der Waals surface area contributed by atoms with Crippen LogP contribution in [0.4, 0.5) is 5.69 Å². The van der Waals surface area contributed by atoms with Gasteiger partial charge in [0.2, 0.25) is 0 Å². The van der Waals surface area contributed by atoms with Crippen molar-refractivity contribution in [1.82, 2.24) is 5.32 Å². The van der Waals surface area contributed by atoms with Gasteiger partial charge in [-0.05, 0) is 53.1 Å². The lowest BCUT2D eigenvalue weighted by molar-refractivity contribution is -0.384. The maximum Gasteiger partial charge on any atom is 0.326 e. The van der Waals surface area contributed by atoms with Crippen LogP contribution in [0, 0.1) is 10.1 Å². The first-order valence-corrected chi connectivity index (χ1v) is 11.1. The third kappa shape index (κ3) is 6.12. The highest BCUT2D eigenvalue weighted by molar-refractivity contribution is 5.96. The molecule has 0 unspecified atom stereocenters. The van der Waals surface area contributed by atoms with Crippen LogP contribution in [0.2, 0.25) is 0 Å². The number of ether oxygens (including phenoxy) is 1. The molecule has 0 aliphatic heterocycles. The first-order chi connectivity index (χ1) is 17.4. The zero-order valence-electron chi connectivity index (χ0n) is 19.0. The summed E-state index contributed by atoms with van der Waals surface area (Å²) >= 11 is 0. The van der Waals surface area contributed by atoms with Crippen molar-refractivity contribution in [1.29, 1.82) is 0 Å². The minimum absolute atomic E-state index is 0.0468. The summed E-state index contributed by atoms with van der Waals surface area (Å²) in [6.07, 6.45) is 0.136. The molecule has 0 radical (unpaired) electrons. The summed E-state index contributed by atoms with van der Waals surface area (Å²) in [5.74, 6) is -0.825. The van der Waals surface area contributed by atoms with Crippen LogP contribution in [-0.4, -0.2) is 27.9 Å². The Morgan fingerprint density at radius 1 is 0.806 bits per heavy atom. The number of nitrogens with one attached hydrogen (secondary N) is 1. The average molecular weight is 482 g/mol. The fraction of sp³-hybridized carbons (Fsp3) is 0.0714. The van der Waals surface area contributed by atoms with E-state index in [2.05, 4.69) is 5.32 Å². The second-order valence-electron chi connectivity index (χ2n) is 8.01. The average Bonchev–Trinajstić information content (AvgIpc) is 2.90. The molecule has 1 atom stereocenters. The van der Waals surface area contributed by atoms with Gasteiger partial charge in [-0.2, -0.15) is 0 Å². The first kappa shape index (κ1) is 24.2. The summed E-state index contributed by atoms with van der Waals surface area (Å²) in [5, 5.41) is 23.0. The number of non-ortho nitro benzene ring substituents is 1. The van der Waals surface area contributed by atoms with E-state index in [4.69, 9.17) is 4.74 Å². The minimum atomic E-state index is -1.13. The predicted molar refractivity (Wildman–Crippen MR) is 134 cm³/mol. The van der Waals surface area contributed by atoms with E-state index in [9.17, 15) is 24.8 Å². The normalized spacial score (nSPS) is 11.3. The van der Waals surface area contributed by atoms with E-state index in [-0.39, 0.29) is 17.7 Å². The number of nitrogens with zero attached hydrogens (tertiary/aromatic N) is 1. The lowest BCUT2D eigenvalue weighted by atomic mass is 10.0.